The second-order valence-corrected chi connectivity index (χ2v) is 6.84. The summed E-state index contributed by atoms with van der Waals surface area (Å²) in [6.45, 7) is 5.49. The van der Waals surface area contributed by atoms with Crippen LogP contribution in [0, 0.1) is 17.5 Å². The summed E-state index contributed by atoms with van der Waals surface area (Å²) in [5.41, 5.74) is 1.83. The highest BCUT2D eigenvalue weighted by Crippen LogP contribution is 2.26. The third-order valence-electron chi connectivity index (χ3n) is 4.75. The topological polar surface area (TPSA) is 35.6 Å². The number of hydrogen-bond acceptors (Lipinski definition) is 2. The van der Waals surface area contributed by atoms with Crippen molar-refractivity contribution in [3.05, 3.63) is 59.4 Å². The maximum absolute atomic E-state index is 14.0. The molecule has 0 aromatic heterocycles. The third-order valence-corrected chi connectivity index (χ3v) is 4.75. The van der Waals surface area contributed by atoms with Gasteiger partial charge in [-0.15, -0.1) is 0 Å². The fourth-order valence-electron chi connectivity index (χ4n) is 3.22. The third kappa shape index (κ3) is 4.02. The summed E-state index contributed by atoms with van der Waals surface area (Å²) in [6.07, 6.45) is 0. The maximum Gasteiger partial charge on any atom is 0.321 e. The molecule has 2 amide bonds. The van der Waals surface area contributed by atoms with Crippen molar-refractivity contribution in [3.8, 4) is 0 Å². The Morgan fingerprint density at radius 2 is 1.63 bits per heavy atom. The van der Waals surface area contributed by atoms with Crippen LogP contribution in [0.4, 0.5) is 29.3 Å². The van der Waals surface area contributed by atoms with Gasteiger partial charge in [-0.1, -0.05) is 32.0 Å². The van der Waals surface area contributed by atoms with Gasteiger partial charge in [0, 0.05) is 31.9 Å². The Hall–Kier alpha value is -2.70. The van der Waals surface area contributed by atoms with Crippen LogP contribution in [0.2, 0.25) is 0 Å². The summed E-state index contributed by atoms with van der Waals surface area (Å²) in [6, 6.07) is 9.54. The van der Waals surface area contributed by atoms with Crippen LogP contribution in [-0.2, 0) is 0 Å². The Kier molecular flexibility index (Phi) is 5.58. The first-order valence-corrected chi connectivity index (χ1v) is 8.91. The number of nitrogens with one attached hydrogen (secondary N) is 1. The summed E-state index contributed by atoms with van der Waals surface area (Å²) in [4.78, 5) is 15.8. The molecular formula is C20H22F3N3O. The fourth-order valence-corrected chi connectivity index (χ4v) is 3.22. The van der Waals surface area contributed by atoms with Crippen molar-refractivity contribution in [1.82, 2.24) is 4.90 Å². The fraction of sp³-hybridized carbons (Fsp3) is 0.350. The average molecular weight is 377 g/mol. The number of hydrogen-bond donors (Lipinski definition) is 1. The van der Waals surface area contributed by atoms with E-state index in [9.17, 15) is 18.0 Å². The summed E-state index contributed by atoms with van der Waals surface area (Å²) < 4.78 is 40.5. The zero-order valence-electron chi connectivity index (χ0n) is 15.3. The highest BCUT2D eigenvalue weighted by molar-refractivity contribution is 5.90. The second kappa shape index (κ2) is 7.90. The standard InChI is InChI=1S/C20H22F3N3O/c1-13(2)14-5-3-4-6-16(14)24-20(27)26-11-9-25(10-12-26)17-8-7-15(21)18(22)19(17)23/h3-8,13H,9-12H2,1-2H3,(H,24,27). The molecule has 1 aliphatic rings. The van der Waals surface area contributed by atoms with Gasteiger partial charge in [-0.3, -0.25) is 0 Å². The van der Waals surface area contributed by atoms with Crippen LogP contribution in [0.3, 0.4) is 0 Å². The normalized spacial score (nSPS) is 14.6. The SMILES string of the molecule is CC(C)c1ccccc1NC(=O)N1CCN(c2ccc(F)c(F)c2F)CC1. The Morgan fingerprint density at radius 3 is 2.30 bits per heavy atom. The lowest BCUT2D eigenvalue weighted by Gasteiger charge is -2.36. The van der Waals surface area contributed by atoms with Crippen LogP contribution in [0.5, 0.6) is 0 Å². The molecule has 27 heavy (non-hydrogen) atoms. The Balaban J connectivity index is 1.64. The minimum absolute atomic E-state index is 0.0131. The molecule has 1 fully saturated rings. The van der Waals surface area contributed by atoms with Crippen molar-refractivity contribution in [3.63, 3.8) is 0 Å². The van der Waals surface area contributed by atoms with E-state index in [4.69, 9.17) is 0 Å². The van der Waals surface area contributed by atoms with Crippen LogP contribution in [0.15, 0.2) is 36.4 Å². The van der Waals surface area contributed by atoms with E-state index >= 15 is 0 Å². The first-order chi connectivity index (χ1) is 12.9. The largest absolute Gasteiger partial charge is 0.366 e. The molecule has 1 aliphatic heterocycles. The van der Waals surface area contributed by atoms with Gasteiger partial charge < -0.3 is 15.1 Å². The number of piperazine rings is 1. The van der Waals surface area contributed by atoms with Gasteiger partial charge in [0.2, 0.25) is 0 Å². The molecule has 0 atom stereocenters. The molecule has 1 heterocycles. The number of urea groups is 1. The number of rotatable bonds is 3. The number of para-hydroxylation sites is 1. The first-order valence-electron chi connectivity index (χ1n) is 8.91. The number of amides is 2. The van der Waals surface area contributed by atoms with Crippen molar-refractivity contribution in [2.45, 2.75) is 19.8 Å². The quantitative estimate of drug-likeness (QED) is 0.795. The van der Waals surface area contributed by atoms with E-state index in [2.05, 4.69) is 19.2 Å². The Morgan fingerprint density at radius 1 is 0.963 bits per heavy atom. The van der Waals surface area contributed by atoms with E-state index in [1.54, 1.807) is 9.80 Å². The Labute approximate surface area is 156 Å². The van der Waals surface area contributed by atoms with E-state index in [1.165, 1.54) is 6.07 Å². The van der Waals surface area contributed by atoms with E-state index in [-0.39, 0.29) is 17.6 Å². The van der Waals surface area contributed by atoms with E-state index in [1.807, 2.05) is 24.3 Å². The Bertz CT molecular complexity index is 833. The summed E-state index contributed by atoms with van der Waals surface area (Å²) in [7, 11) is 0. The maximum atomic E-state index is 14.0. The molecule has 0 saturated carbocycles. The van der Waals surface area contributed by atoms with Crippen LogP contribution in [0.25, 0.3) is 0 Å². The van der Waals surface area contributed by atoms with Gasteiger partial charge in [-0.2, -0.15) is 0 Å². The molecule has 0 radical (unpaired) electrons. The van der Waals surface area contributed by atoms with Crippen molar-refractivity contribution in [2.24, 2.45) is 0 Å². The van der Waals surface area contributed by atoms with Crippen LogP contribution < -0.4 is 10.2 Å². The van der Waals surface area contributed by atoms with Crippen molar-refractivity contribution in [1.29, 1.82) is 0 Å². The van der Waals surface area contributed by atoms with Gasteiger partial charge in [0.05, 0.1) is 5.69 Å². The van der Waals surface area contributed by atoms with Gasteiger partial charge in [0.15, 0.2) is 17.5 Å². The van der Waals surface area contributed by atoms with Gasteiger partial charge in [0.1, 0.15) is 0 Å². The van der Waals surface area contributed by atoms with E-state index in [0.29, 0.717) is 26.2 Å². The lowest BCUT2D eigenvalue weighted by Crippen LogP contribution is -2.50. The lowest BCUT2D eigenvalue weighted by molar-refractivity contribution is 0.208. The minimum atomic E-state index is -1.47. The molecular weight excluding hydrogens is 355 g/mol. The highest BCUT2D eigenvalue weighted by atomic mass is 19.2. The number of anilines is 2. The minimum Gasteiger partial charge on any atom is -0.366 e. The number of carbonyl (C=O) groups is 1. The molecule has 7 heteroatoms. The molecule has 0 spiro atoms. The molecule has 1 N–H and O–H groups in total. The van der Waals surface area contributed by atoms with Crippen molar-refractivity contribution < 1.29 is 18.0 Å². The molecule has 1 saturated heterocycles. The molecule has 0 aliphatic carbocycles. The zero-order chi connectivity index (χ0) is 19.6. The summed E-state index contributed by atoms with van der Waals surface area (Å²) in [5, 5.41) is 2.93. The second-order valence-electron chi connectivity index (χ2n) is 6.84. The molecule has 0 bridgehead atoms. The van der Waals surface area contributed by atoms with Crippen LogP contribution in [-0.4, -0.2) is 37.1 Å². The van der Waals surface area contributed by atoms with Crippen molar-refractivity contribution >= 4 is 17.4 Å². The number of nitrogens with zero attached hydrogens (tertiary/aromatic N) is 2. The number of carbonyl (C=O) groups excluding carboxylic acids is 1. The predicted octanol–water partition coefficient (Wildman–Crippen LogP) is 4.58. The van der Waals surface area contributed by atoms with Gasteiger partial charge in [-0.05, 0) is 29.7 Å². The summed E-state index contributed by atoms with van der Waals surface area (Å²) in [5.74, 6) is -3.61. The molecule has 2 aromatic rings. The molecule has 4 nitrogen and oxygen atoms in total. The monoisotopic (exact) mass is 377 g/mol. The van der Waals surface area contributed by atoms with Gasteiger partial charge in [-0.25, -0.2) is 18.0 Å². The van der Waals surface area contributed by atoms with Crippen LogP contribution >= 0.6 is 0 Å². The van der Waals surface area contributed by atoms with Crippen LogP contribution in [0.1, 0.15) is 25.3 Å². The van der Waals surface area contributed by atoms with Crippen molar-refractivity contribution in [2.75, 3.05) is 36.4 Å². The number of halogens is 3. The molecule has 144 valence electrons. The van der Waals surface area contributed by atoms with Gasteiger partial charge in [0.25, 0.3) is 0 Å². The highest BCUT2D eigenvalue weighted by Gasteiger charge is 2.25. The molecule has 3 rings (SSSR count). The molecule has 0 unspecified atom stereocenters. The molecule has 2 aromatic carbocycles. The number of benzene rings is 2. The van der Waals surface area contributed by atoms with E-state index < -0.39 is 17.5 Å². The van der Waals surface area contributed by atoms with Gasteiger partial charge >= 0.3 is 6.03 Å². The predicted molar refractivity (Wildman–Crippen MR) is 99.7 cm³/mol. The lowest BCUT2D eigenvalue weighted by atomic mass is 10.0. The average Bonchev–Trinajstić information content (AvgIpc) is 2.67. The van der Waals surface area contributed by atoms with E-state index in [0.717, 1.165) is 17.3 Å². The first kappa shape index (κ1) is 19.1. The summed E-state index contributed by atoms with van der Waals surface area (Å²) >= 11 is 0. The zero-order valence-corrected chi connectivity index (χ0v) is 15.3. The smallest absolute Gasteiger partial charge is 0.321 e.